The van der Waals surface area contributed by atoms with Gasteiger partial charge >= 0.3 is 5.97 Å². The highest BCUT2D eigenvalue weighted by Crippen LogP contribution is 2.32. The monoisotopic (exact) mass is 392 g/mol. The third-order valence-electron chi connectivity index (χ3n) is 5.14. The quantitative estimate of drug-likeness (QED) is 0.486. The first kappa shape index (κ1) is 18.9. The molecule has 0 aliphatic rings. The fraction of sp³-hybridized carbons (Fsp3) is 0.333. The number of para-hydroxylation sites is 2. The molecule has 150 valence electrons. The van der Waals surface area contributed by atoms with E-state index < -0.39 is 5.97 Å². The van der Waals surface area contributed by atoms with Crippen LogP contribution in [0, 0.1) is 6.92 Å². The zero-order valence-electron chi connectivity index (χ0n) is 17.3. The molecule has 4 rings (SSSR count). The average molecular weight is 392 g/mol. The minimum Gasteiger partial charge on any atom is -0.462 e. The maximum atomic E-state index is 12.7. The highest BCUT2D eigenvalue weighted by atomic mass is 16.5. The summed E-state index contributed by atoms with van der Waals surface area (Å²) < 4.78 is 9.08. The molecule has 0 amide bonds. The van der Waals surface area contributed by atoms with Gasteiger partial charge in [0, 0.05) is 27.3 Å². The van der Waals surface area contributed by atoms with Crippen LogP contribution in [-0.4, -0.2) is 43.9 Å². The van der Waals surface area contributed by atoms with Crippen molar-refractivity contribution in [1.82, 2.24) is 24.3 Å². The van der Waals surface area contributed by atoms with Crippen molar-refractivity contribution in [1.29, 1.82) is 0 Å². The van der Waals surface area contributed by atoms with Gasteiger partial charge in [0.15, 0.2) is 5.65 Å². The van der Waals surface area contributed by atoms with E-state index in [-0.39, 0.29) is 0 Å². The number of ether oxygens (including phenoxy) is 1. The molecule has 0 radical (unpaired) electrons. The van der Waals surface area contributed by atoms with Crippen molar-refractivity contribution >= 4 is 33.7 Å². The smallest absolute Gasteiger partial charge is 0.341 e. The first-order valence-corrected chi connectivity index (χ1v) is 9.53. The molecule has 1 aromatic carbocycles. The maximum Gasteiger partial charge on any atom is 0.341 e. The highest BCUT2D eigenvalue weighted by molar-refractivity contribution is 6.05. The number of hydrogen-bond donors (Lipinski definition) is 0. The maximum absolute atomic E-state index is 12.7. The summed E-state index contributed by atoms with van der Waals surface area (Å²) in [6.07, 6.45) is 1.57. The molecule has 0 atom stereocenters. The topological polar surface area (TPSA) is 78.1 Å². The van der Waals surface area contributed by atoms with Crippen LogP contribution < -0.4 is 4.90 Å². The molecule has 4 aromatic rings. The number of carbonyl (C=O) groups is 1. The normalized spacial score (nSPS) is 11.3. The lowest BCUT2D eigenvalue weighted by atomic mass is 10.1. The fourth-order valence-corrected chi connectivity index (χ4v) is 3.78. The predicted molar refractivity (Wildman–Crippen MR) is 112 cm³/mol. The van der Waals surface area contributed by atoms with E-state index in [1.165, 1.54) is 0 Å². The fourth-order valence-electron chi connectivity index (χ4n) is 3.78. The van der Waals surface area contributed by atoms with Crippen molar-refractivity contribution in [2.45, 2.75) is 20.4 Å². The Morgan fingerprint density at radius 3 is 2.72 bits per heavy atom. The molecule has 0 aliphatic heterocycles. The number of rotatable bonds is 5. The number of benzene rings is 1. The summed E-state index contributed by atoms with van der Waals surface area (Å²) in [5, 5.41) is 5.34. The van der Waals surface area contributed by atoms with Crippen LogP contribution in [0.3, 0.4) is 0 Å². The Balaban J connectivity index is 1.85. The number of fused-ring (bicyclic) bond motifs is 2. The lowest BCUT2D eigenvalue weighted by Gasteiger charge is -2.22. The minimum atomic E-state index is -0.392. The summed E-state index contributed by atoms with van der Waals surface area (Å²) in [6, 6.07) is 8.03. The third kappa shape index (κ3) is 3.10. The Bertz CT molecular complexity index is 1220. The van der Waals surface area contributed by atoms with Gasteiger partial charge in [-0.15, -0.1) is 0 Å². The number of esters is 1. The van der Waals surface area contributed by atoms with Gasteiger partial charge in [-0.1, -0.05) is 12.1 Å². The van der Waals surface area contributed by atoms with Gasteiger partial charge in [0.1, 0.15) is 11.4 Å². The molecule has 29 heavy (non-hydrogen) atoms. The third-order valence-corrected chi connectivity index (χ3v) is 5.14. The van der Waals surface area contributed by atoms with Crippen LogP contribution in [-0.2, 0) is 25.4 Å². The minimum absolute atomic E-state index is 0.302. The molecule has 0 spiro atoms. The van der Waals surface area contributed by atoms with E-state index in [4.69, 9.17) is 9.72 Å². The van der Waals surface area contributed by atoms with E-state index >= 15 is 0 Å². The number of imidazole rings is 1. The molecule has 0 saturated carbocycles. The zero-order chi connectivity index (χ0) is 20.7. The Morgan fingerprint density at radius 1 is 1.24 bits per heavy atom. The number of carbonyl (C=O) groups excluding carboxylic acids is 1. The van der Waals surface area contributed by atoms with E-state index in [0.717, 1.165) is 39.3 Å². The van der Waals surface area contributed by atoms with Crippen LogP contribution in [0.1, 0.15) is 28.8 Å². The SMILES string of the molecule is CCOC(=O)c1cnc2c(c(C)nn2C)c1N(C)Cc1nc2ccccc2n1C. The molecule has 0 fully saturated rings. The van der Waals surface area contributed by atoms with Crippen molar-refractivity contribution in [3.8, 4) is 0 Å². The van der Waals surface area contributed by atoms with Crippen molar-refractivity contribution in [3.63, 3.8) is 0 Å². The summed E-state index contributed by atoms with van der Waals surface area (Å²) in [7, 11) is 5.80. The predicted octanol–water partition coefficient (Wildman–Crippen LogP) is 2.98. The molecule has 8 heteroatoms. The number of anilines is 1. The number of nitrogens with zero attached hydrogens (tertiary/aromatic N) is 6. The number of pyridine rings is 1. The van der Waals surface area contributed by atoms with Gasteiger partial charge in [0.05, 0.1) is 41.0 Å². The first-order chi connectivity index (χ1) is 13.9. The largest absolute Gasteiger partial charge is 0.462 e. The molecule has 0 saturated heterocycles. The van der Waals surface area contributed by atoms with Gasteiger partial charge in [-0.05, 0) is 26.0 Å². The van der Waals surface area contributed by atoms with Gasteiger partial charge in [-0.3, -0.25) is 4.68 Å². The molecule has 0 unspecified atom stereocenters. The molecule has 3 heterocycles. The summed E-state index contributed by atoms with van der Waals surface area (Å²) in [6.45, 7) is 4.54. The van der Waals surface area contributed by atoms with Gasteiger partial charge in [0.2, 0.25) is 0 Å². The van der Waals surface area contributed by atoms with Crippen LogP contribution in [0.15, 0.2) is 30.5 Å². The van der Waals surface area contributed by atoms with Crippen LogP contribution in [0.25, 0.3) is 22.1 Å². The van der Waals surface area contributed by atoms with Gasteiger partial charge in [0.25, 0.3) is 0 Å². The van der Waals surface area contributed by atoms with Gasteiger partial charge in [-0.25, -0.2) is 14.8 Å². The van der Waals surface area contributed by atoms with Crippen LogP contribution in [0.4, 0.5) is 5.69 Å². The Labute approximate surface area is 168 Å². The van der Waals surface area contributed by atoms with E-state index in [0.29, 0.717) is 18.7 Å². The molecular formula is C21H24N6O2. The van der Waals surface area contributed by atoms with Gasteiger partial charge < -0.3 is 14.2 Å². The lowest BCUT2D eigenvalue weighted by molar-refractivity contribution is 0.0527. The molecular weight excluding hydrogens is 368 g/mol. The highest BCUT2D eigenvalue weighted by Gasteiger charge is 2.24. The van der Waals surface area contributed by atoms with Crippen molar-refractivity contribution in [3.05, 3.63) is 47.5 Å². The number of aromatic nitrogens is 5. The summed E-state index contributed by atoms with van der Waals surface area (Å²) in [4.78, 5) is 23.9. The molecule has 3 aromatic heterocycles. The summed E-state index contributed by atoms with van der Waals surface area (Å²) in [5.74, 6) is 0.506. The molecule has 8 nitrogen and oxygen atoms in total. The van der Waals surface area contributed by atoms with Crippen molar-refractivity contribution in [2.24, 2.45) is 14.1 Å². The molecule has 0 aliphatic carbocycles. The van der Waals surface area contributed by atoms with Gasteiger partial charge in [-0.2, -0.15) is 5.10 Å². The summed E-state index contributed by atoms with van der Waals surface area (Å²) >= 11 is 0. The average Bonchev–Trinajstić information content (AvgIpc) is 3.17. The zero-order valence-corrected chi connectivity index (χ0v) is 17.3. The molecule has 0 bridgehead atoms. The second kappa shape index (κ2) is 7.20. The Hall–Kier alpha value is -3.42. The van der Waals surface area contributed by atoms with E-state index in [2.05, 4.69) is 14.6 Å². The second-order valence-corrected chi connectivity index (χ2v) is 7.08. The standard InChI is InChI=1S/C21H24N6O2/c1-6-29-21(28)14-11-22-20-18(13(2)24-27(20)5)19(14)25(3)12-17-23-15-9-7-8-10-16(15)26(17)4/h7-11H,6,12H2,1-5H3. The first-order valence-electron chi connectivity index (χ1n) is 9.53. The second-order valence-electron chi connectivity index (χ2n) is 7.08. The van der Waals surface area contributed by atoms with E-state index in [9.17, 15) is 4.79 Å². The number of aryl methyl sites for hydroxylation is 3. The van der Waals surface area contributed by atoms with Crippen LogP contribution >= 0.6 is 0 Å². The Kier molecular flexibility index (Phi) is 4.70. The van der Waals surface area contributed by atoms with E-state index in [1.54, 1.807) is 17.8 Å². The Morgan fingerprint density at radius 2 is 2.00 bits per heavy atom. The van der Waals surface area contributed by atoms with E-state index in [1.807, 2.05) is 57.2 Å². The lowest BCUT2D eigenvalue weighted by Crippen LogP contribution is -2.23. The number of hydrogen-bond acceptors (Lipinski definition) is 6. The molecule has 0 N–H and O–H groups in total. The van der Waals surface area contributed by atoms with Crippen molar-refractivity contribution < 1.29 is 9.53 Å². The van der Waals surface area contributed by atoms with Crippen LogP contribution in [0.2, 0.25) is 0 Å². The van der Waals surface area contributed by atoms with Crippen molar-refractivity contribution in [2.75, 3.05) is 18.6 Å². The van der Waals surface area contributed by atoms with Crippen LogP contribution in [0.5, 0.6) is 0 Å². The summed E-state index contributed by atoms with van der Waals surface area (Å²) in [5.41, 5.74) is 4.73.